The summed E-state index contributed by atoms with van der Waals surface area (Å²) in [7, 11) is 2.13. The number of nitrogens with one attached hydrogen (secondary N) is 1. The van der Waals surface area contributed by atoms with Crippen molar-refractivity contribution in [2.24, 2.45) is 5.73 Å². The second kappa shape index (κ2) is 3.71. The maximum atomic E-state index is 5.74. The zero-order chi connectivity index (χ0) is 10.1. The van der Waals surface area contributed by atoms with Gasteiger partial charge >= 0.3 is 0 Å². The molecule has 2 rings (SSSR count). The van der Waals surface area contributed by atoms with Crippen LogP contribution >= 0.6 is 0 Å². The van der Waals surface area contributed by atoms with Crippen LogP contribution in [0.3, 0.4) is 0 Å². The third kappa shape index (κ3) is 1.96. The normalized spacial score (nSPS) is 19.4. The monoisotopic (exact) mass is 194 g/mol. The maximum Gasteiger partial charge on any atom is 0.108 e. The number of rotatable bonds is 2. The second-order valence-corrected chi connectivity index (χ2v) is 4.28. The van der Waals surface area contributed by atoms with E-state index in [9.17, 15) is 0 Å². The fraction of sp³-hybridized carbons (Fsp3) is 0.700. The predicted octanol–water partition coefficient (Wildman–Crippen LogP) is 0.287. The van der Waals surface area contributed by atoms with Gasteiger partial charge in [-0.1, -0.05) is 0 Å². The lowest BCUT2D eigenvalue weighted by Crippen LogP contribution is -2.26. The molecule has 0 fully saturated rings. The summed E-state index contributed by atoms with van der Waals surface area (Å²) in [6.07, 6.45) is 1.90. The Bertz CT molecular complexity index is 316. The van der Waals surface area contributed by atoms with Gasteiger partial charge in [0, 0.05) is 32.0 Å². The number of aromatic nitrogens is 2. The molecule has 78 valence electrons. The molecule has 1 atom stereocenters. The van der Waals surface area contributed by atoms with Crippen LogP contribution in [0.25, 0.3) is 0 Å². The average molecular weight is 194 g/mol. The quantitative estimate of drug-likeness (QED) is 0.711. The second-order valence-electron chi connectivity index (χ2n) is 4.28. The van der Waals surface area contributed by atoms with E-state index >= 15 is 0 Å². The molecular weight excluding hydrogens is 176 g/mol. The van der Waals surface area contributed by atoms with Crippen LogP contribution in [-0.4, -0.2) is 34.5 Å². The van der Waals surface area contributed by atoms with Gasteiger partial charge < -0.3 is 15.6 Å². The van der Waals surface area contributed by atoms with Gasteiger partial charge in [-0.25, -0.2) is 4.98 Å². The minimum atomic E-state index is 0.181. The molecule has 1 aromatic heterocycles. The summed E-state index contributed by atoms with van der Waals surface area (Å²) in [5, 5.41) is 0. The third-order valence-corrected chi connectivity index (χ3v) is 2.59. The number of nitrogens with zero attached hydrogens (tertiary/aromatic N) is 2. The Balaban J connectivity index is 2.15. The van der Waals surface area contributed by atoms with Crippen LogP contribution in [0.5, 0.6) is 0 Å². The molecule has 4 nitrogen and oxygen atoms in total. The summed E-state index contributed by atoms with van der Waals surface area (Å²) >= 11 is 0. The summed E-state index contributed by atoms with van der Waals surface area (Å²) in [5.41, 5.74) is 8.25. The molecule has 3 N–H and O–H groups in total. The molecule has 0 radical (unpaired) electrons. The predicted molar refractivity (Wildman–Crippen MR) is 56.0 cm³/mol. The number of H-pyrrole nitrogens is 1. The lowest BCUT2D eigenvalue weighted by molar-refractivity contribution is 0.307. The largest absolute Gasteiger partial charge is 0.345 e. The van der Waals surface area contributed by atoms with Crippen molar-refractivity contribution in [1.29, 1.82) is 0 Å². The Morgan fingerprint density at radius 3 is 3.14 bits per heavy atom. The molecule has 4 heteroatoms. The standard InChI is InChI=1S/C10H18N4/c1-7(11)5-10-12-8-3-4-14(2)6-9(8)13-10/h7H,3-6,11H2,1-2H3,(H,12,13). The van der Waals surface area contributed by atoms with Gasteiger partial charge in [0.1, 0.15) is 5.82 Å². The van der Waals surface area contributed by atoms with Crippen molar-refractivity contribution in [2.45, 2.75) is 32.4 Å². The van der Waals surface area contributed by atoms with Crippen molar-refractivity contribution in [3.63, 3.8) is 0 Å². The van der Waals surface area contributed by atoms with Crippen LogP contribution in [0.4, 0.5) is 0 Å². The van der Waals surface area contributed by atoms with Crippen LogP contribution in [0.2, 0.25) is 0 Å². The minimum absolute atomic E-state index is 0.181. The summed E-state index contributed by atoms with van der Waals surface area (Å²) in [5.74, 6) is 1.04. The summed E-state index contributed by atoms with van der Waals surface area (Å²) in [4.78, 5) is 10.2. The maximum absolute atomic E-state index is 5.74. The number of aromatic amines is 1. The molecule has 14 heavy (non-hydrogen) atoms. The number of fused-ring (bicyclic) bond motifs is 1. The number of imidazole rings is 1. The Morgan fingerprint density at radius 1 is 1.64 bits per heavy atom. The van der Waals surface area contributed by atoms with E-state index in [-0.39, 0.29) is 6.04 Å². The topological polar surface area (TPSA) is 57.9 Å². The molecule has 0 aliphatic carbocycles. The zero-order valence-corrected chi connectivity index (χ0v) is 8.88. The van der Waals surface area contributed by atoms with Crippen LogP contribution in [-0.2, 0) is 19.4 Å². The van der Waals surface area contributed by atoms with Gasteiger partial charge in [-0.15, -0.1) is 0 Å². The van der Waals surface area contributed by atoms with E-state index in [1.54, 1.807) is 0 Å². The van der Waals surface area contributed by atoms with Crippen LogP contribution in [0.1, 0.15) is 24.1 Å². The highest BCUT2D eigenvalue weighted by molar-refractivity contribution is 5.18. The first kappa shape index (κ1) is 9.68. The number of likely N-dealkylation sites (N-methyl/N-ethyl adjacent to an activating group) is 1. The van der Waals surface area contributed by atoms with E-state index in [2.05, 4.69) is 21.9 Å². The lowest BCUT2D eigenvalue weighted by atomic mass is 10.2. The zero-order valence-electron chi connectivity index (χ0n) is 8.88. The smallest absolute Gasteiger partial charge is 0.108 e. The SMILES string of the molecule is CC(N)Cc1nc2c([nH]1)CN(C)CC2. The van der Waals surface area contributed by atoms with Crippen molar-refractivity contribution in [3.05, 3.63) is 17.2 Å². The molecular formula is C10H18N4. The average Bonchev–Trinajstić information content (AvgIpc) is 2.44. The number of hydrogen-bond acceptors (Lipinski definition) is 3. The van der Waals surface area contributed by atoms with Gasteiger partial charge in [0.25, 0.3) is 0 Å². The van der Waals surface area contributed by atoms with E-state index < -0.39 is 0 Å². The van der Waals surface area contributed by atoms with Gasteiger partial charge in [-0.3, -0.25) is 0 Å². The molecule has 1 aliphatic heterocycles. The van der Waals surface area contributed by atoms with Gasteiger partial charge in [0.05, 0.1) is 11.4 Å². The van der Waals surface area contributed by atoms with E-state index in [0.29, 0.717) is 0 Å². The third-order valence-electron chi connectivity index (χ3n) is 2.59. The highest BCUT2D eigenvalue weighted by atomic mass is 15.1. The molecule has 1 aromatic rings. The highest BCUT2D eigenvalue weighted by Gasteiger charge is 2.17. The Hall–Kier alpha value is -0.870. The molecule has 0 amide bonds. The van der Waals surface area contributed by atoms with Crippen LogP contribution < -0.4 is 5.73 Å². The van der Waals surface area contributed by atoms with Gasteiger partial charge in [0.15, 0.2) is 0 Å². The molecule has 0 saturated heterocycles. The highest BCUT2D eigenvalue weighted by Crippen LogP contribution is 2.15. The first-order valence-corrected chi connectivity index (χ1v) is 5.16. The van der Waals surface area contributed by atoms with Gasteiger partial charge in [-0.05, 0) is 14.0 Å². The Labute approximate surface area is 84.5 Å². The van der Waals surface area contributed by atoms with Crippen LogP contribution in [0.15, 0.2) is 0 Å². The van der Waals surface area contributed by atoms with Crippen LogP contribution in [0, 0.1) is 0 Å². The first-order chi connectivity index (χ1) is 6.65. The number of hydrogen-bond donors (Lipinski definition) is 2. The summed E-state index contributed by atoms with van der Waals surface area (Å²) < 4.78 is 0. The Morgan fingerprint density at radius 2 is 2.43 bits per heavy atom. The minimum Gasteiger partial charge on any atom is -0.345 e. The van der Waals surface area contributed by atoms with E-state index in [0.717, 1.165) is 31.8 Å². The molecule has 0 bridgehead atoms. The van der Waals surface area contributed by atoms with Crippen molar-refractivity contribution in [2.75, 3.05) is 13.6 Å². The van der Waals surface area contributed by atoms with E-state index in [4.69, 9.17) is 5.73 Å². The molecule has 1 aliphatic rings. The molecule has 0 aromatic carbocycles. The van der Waals surface area contributed by atoms with Gasteiger partial charge in [0.2, 0.25) is 0 Å². The first-order valence-electron chi connectivity index (χ1n) is 5.16. The number of nitrogens with two attached hydrogens (primary N) is 1. The van der Waals surface area contributed by atoms with E-state index in [1.807, 2.05) is 6.92 Å². The fourth-order valence-electron chi connectivity index (χ4n) is 1.89. The molecule has 1 unspecified atom stereocenters. The Kier molecular flexibility index (Phi) is 2.56. The van der Waals surface area contributed by atoms with Crippen molar-refractivity contribution in [1.82, 2.24) is 14.9 Å². The van der Waals surface area contributed by atoms with Crippen molar-refractivity contribution < 1.29 is 0 Å². The van der Waals surface area contributed by atoms with Crippen molar-refractivity contribution >= 4 is 0 Å². The summed E-state index contributed by atoms with van der Waals surface area (Å²) in [6.45, 7) is 4.10. The van der Waals surface area contributed by atoms with E-state index in [1.165, 1.54) is 11.4 Å². The van der Waals surface area contributed by atoms with Crippen molar-refractivity contribution in [3.8, 4) is 0 Å². The fourth-order valence-corrected chi connectivity index (χ4v) is 1.89. The molecule has 0 saturated carbocycles. The molecule has 0 spiro atoms. The molecule has 2 heterocycles. The lowest BCUT2D eigenvalue weighted by Gasteiger charge is -2.20. The summed E-state index contributed by atoms with van der Waals surface area (Å²) in [6, 6.07) is 0.181. The van der Waals surface area contributed by atoms with Gasteiger partial charge in [-0.2, -0.15) is 0 Å².